The van der Waals surface area contributed by atoms with Crippen LogP contribution < -0.4 is 0 Å². The third-order valence-corrected chi connectivity index (χ3v) is 2.71. The zero-order valence-corrected chi connectivity index (χ0v) is 11.2. The monoisotopic (exact) mass is 262 g/mol. The molecule has 4 nitrogen and oxygen atoms in total. The fraction of sp³-hybridized carbons (Fsp3) is 0.333. The SMILES string of the molecule is COC(=O)C[C@H](C/C=C/c1ccccc1)C(=O)OC. The lowest BCUT2D eigenvalue weighted by atomic mass is 10.0. The molecule has 1 aromatic rings. The first kappa shape index (κ1) is 15.0. The van der Waals surface area contributed by atoms with Crippen LogP contribution in [0.5, 0.6) is 0 Å². The highest BCUT2D eigenvalue weighted by Gasteiger charge is 2.21. The van der Waals surface area contributed by atoms with Crippen LogP contribution in [0.1, 0.15) is 18.4 Å². The van der Waals surface area contributed by atoms with Crippen molar-refractivity contribution in [2.45, 2.75) is 12.8 Å². The largest absolute Gasteiger partial charge is 0.469 e. The highest BCUT2D eigenvalue weighted by Crippen LogP contribution is 2.14. The number of hydrogen-bond donors (Lipinski definition) is 0. The molecule has 0 heterocycles. The highest BCUT2D eigenvalue weighted by molar-refractivity contribution is 5.80. The molecule has 0 amide bonds. The number of rotatable bonds is 6. The van der Waals surface area contributed by atoms with Crippen molar-refractivity contribution in [2.75, 3.05) is 14.2 Å². The maximum absolute atomic E-state index is 11.5. The van der Waals surface area contributed by atoms with Crippen LogP contribution in [0.3, 0.4) is 0 Å². The Kier molecular flexibility index (Phi) is 6.36. The van der Waals surface area contributed by atoms with Gasteiger partial charge < -0.3 is 9.47 Å². The van der Waals surface area contributed by atoms with Crippen molar-refractivity contribution in [3.8, 4) is 0 Å². The maximum atomic E-state index is 11.5. The molecule has 1 atom stereocenters. The van der Waals surface area contributed by atoms with E-state index in [4.69, 9.17) is 0 Å². The molecule has 0 bridgehead atoms. The second-order valence-electron chi connectivity index (χ2n) is 4.05. The predicted octanol–water partition coefficient (Wildman–Crippen LogP) is 2.44. The number of carbonyl (C=O) groups excluding carboxylic acids is 2. The van der Waals surface area contributed by atoms with Gasteiger partial charge in [0, 0.05) is 0 Å². The van der Waals surface area contributed by atoms with Crippen LogP contribution in [-0.2, 0) is 19.1 Å². The van der Waals surface area contributed by atoms with Gasteiger partial charge in [0.25, 0.3) is 0 Å². The van der Waals surface area contributed by atoms with E-state index in [-0.39, 0.29) is 6.42 Å². The zero-order valence-electron chi connectivity index (χ0n) is 11.2. The molecule has 0 aliphatic rings. The summed E-state index contributed by atoms with van der Waals surface area (Å²) in [6, 6.07) is 9.73. The average Bonchev–Trinajstić information content (AvgIpc) is 2.46. The van der Waals surface area contributed by atoms with Crippen LogP contribution in [0, 0.1) is 5.92 Å². The number of esters is 2. The van der Waals surface area contributed by atoms with Gasteiger partial charge in [-0.05, 0) is 12.0 Å². The molecule has 0 aliphatic heterocycles. The Balaban J connectivity index is 2.60. The summed E-state index contributed by atoms with van der Waals surface area (Å²) >= 11 is 0. The molecule has 0 saturated heterocycles. The molecular weight excluding hydrogens is 244 g/mol. The first-order valence-corrected chi connectivity index (χ1v) is 6.03. The lowest BCUT2D eigenvalue weighted by Crippen LogP contribution is -2.20. The summed E-state index contributed by atoms with van der Waals surface area (Å²) in [5.41, 5.74) is 1.05. The molecule has 0 saturated carbocycles. The van der Waals surface area contributed by atoms with E-state index < -0.39 is 17.9 Å². The van der Waals surface area contributed by atoms with E-state index >= 15 is 0 Å². The molecule has 1 aromatic carbocycles. The van der Waals surface area contributed by atoms with Crippen LogP contribution in [0.2, 0.25) is 0 Å². The van der Waals surface area contributed by atoms with Crippen molar-refractivity contribution in [3.63, 3.8) is 0 Å². The summed E-state index contributed by atoms with van der Waals surface area (Å²) in [5, 5.41) is 0. The maximum Gasteiger partial charge on any atom is 0.309 e. The number of carbonyl (C=O) groups is 2. The molecule has 0 radical (unpaired) electrons. The van der Waals surface area contributed by atoms with E-state index in [2.05, 4.69) is 9.47 Å². The summed E-state index contributed by atoms with van der Waals surface area (Å²) in [5.74, 6) is -1.32. The molecular formula is C15H18O4. The van der Waals surface area contributed by atoms with E-state index in [1.807, 2.05) is 42.5 Å². The third-order valence-electron chi connectivity index (χ3n) is 2.71. The van der Waals surface area contributed by atoms with E-state index in [1.54, 1.807) is 0 Å². The van der Waals surface area contributed by atoms with Gasteiger partial charge in [0.05, 0.1) is 26.6 Å². The molecule has 0 fully saturated rings. The Hall–Kier alpha value is -2.10. The molecule has 19 heavy (non-hydrogen) atoms. The van der Waals surface area contributed by atoms with Crippen LogP contribution >= 0.6 is 0 Å². The Morgan fingerprint density at radius 1 is 1.16 bits per heavy atom. The van der Waals surface area contributed by atoms with Gasteiger partial charge in [-0.15, -0.1) is 0 Å². The second kappa shape index (κ2) is 8.08. The normalized spacial score (nSPS) is 12.1. The zero-order chi connectivity index (χ0) is 14.1. The number of hydrogen-bond acceptors (Lipinski definition) is 4. The lowest BCUT2D eigenvalue weighted by Gasteiger charge is -2.10. The van der Waals surface area contributed by atoms with Gasteiger partial charge in [0.15, 0.2) is 0 Å². The quantitative estimate of drug-likeness (QED) is 0.739. The second-order valence-corrected chi connectivity index (χ2v) is 4.05. The molecule has 0 unspecified atom stereocenters. The van der Waals surface area contributed by atoms with Gasteiger partial charge >= 0.3 is 11.9 Å². The van der Waals surface area contributed by atoms with Crippen molar-refractivity contribution < 1.29 is 19.1 Å². The average molecular weight is 262 g/mol. The van der Waals surface area contributed by atoms with Crippen molar-refractivity contribution in [2.24, 2.45) is 5.92 Å². The fourth-order valence-corrected chi connectivity index (χ4v) is 1.65. The Bertz CT molecular complexity index is 437. The van der Waals surface area contributed by atoms with Crippen molar-refractivity contribution in [3.05, 3.63) is 42.0 Å². The van der Waals surface area contributed by atoms with E-state index in [1.165, 1.54) is 14.2 Å². The molecule has 0 spiro atoms. The number of allylic oxidation sites excluding steroid dienone is 1. The van der Waals surface area contributed by atoms with Crippen LogP contribution in [0.15, 0.2) is 36.4 Å². The lowest BCUT2D eigenvalue weighted by molar-refractivity contribution is -0.151. The summed E-state index contributed by atoms with van der Waals surface area (Å²) in [6.45, 7) is 0. The van der Waals surface area contributed by atoms with Gasteiger partial charge in [0.1, 0.15) is 0 Å². The third kappa shape index (κ3) is 5.38. The number of ether oxygens (including phenoxy) is 2. The smallest absolute Gasteiger partial charge is 0.309 e. The van der Waals surface area contributed by atoms with Crippen molar-refractivity contribution in [1.82, 2.24) is 0 Å². The highest BCUT2D eigenvalue weighted by atomic mass is 16.5. The summed E-state index contributed by atoms with van der Waals surface area (Å²) in [6.07, 6.45) is 4.24. The molecule has 102 valence electrons. The number of benzene rings is 1. The molecule has 4 heteroatoms. The minimum absolute atomic E-state index is 0.0301. The number of methoxy groups -OCH3 is 2. The Labute approximate surface area is 113 Å². The minimum Gasteiger partial charge on any atom is -0.469 e. The van der Waals surface area contributed by atoms with Gasteiger partial charge in [-0.1, -0.05) is 42.5 Å². The van der Waals surface area contributed by atoms with E-state index in [9.17, 15) is 9.59 Å². The van der Waals surface area contributed by atoms with Crippen molar-refractivity contribution >= 4 is 18.0 Å². The minimum atomic E-state index is -0.502. The van der Waals surface area contributed by atoms with Gasteiger partial charge in [-0.2, -0.15) is 0 Å². The van der Waals surface area contributed by atoms with E-state index in [0.717, 1.165) is 5.56 Å². The summed E-state index contributed by atoms with van der Waals surface area (Å²) < 4.78 is 9.25. The molecule has 1 rings (SSSR count). The van der Waals surface area contributed by atoms with Crippen LogP contribution in [0.4, 0.5) is 0 Å². The summed E-state index contributed by atoms with van der Waals surface area (Å²) in [4.78, 5) is 22.8. The fourth-order valence-electron chi connectivity index (χ4n) is 1.65. The summed E-state index contributed by atoms with van der Waals surface area (Å²) in [7, 11) is 2.62. The van der Waals surface area contributed by atoms with Gasteiger partial charge in [-0.3, -0.25) is 9.59 Å². The van der Waals surface area contributed by atoms with Crippen LogP contribution in [-0.4, -0.2) is 26.2 Å². The van der Waals surface area contributed by atoms with E-state index in [0.29, 0.717) is 6.42 Å². The molecule has 0 aromatic heterocycles. The van der Waals surface area contributed by atoms with Gasteiger partial charge in [-0.25, -0.2) is 0 Å². The van der Waals surface area contributed by atoms with Crippen LogP contribution in [0.25, 0.3) is 6.08 Å². The standard InChI is InChI=1S/C15H18O4/c1-18-14(16)11-13(15(17)19-2)10-6-9-12-7-4-3-5-8-12/h3-9,13H,10-11H2,1-2H3/b9-6+/t13-/m0/s1. The molecule has 0 aliphatic carbocycles. The Morgan fingerprint density at radius 3 is 2.42 bits per heavy atom. The first-order valence-electron chi connectivity index (χ1n) is 6.03. The Morgan fingerprint density at radius 2 is 1.84 bits per heavy atom. The van der Waals surface area contributed by atoms with Gasteiger partial charge in [0.2, 0.25) is 0 Å². The van der Waals surface area contributed by atoms with Crippen molar-refractivity contribution in [1.29, 1.82) is 0 Å². The first-order chi connectivity index (χ1) is 9.17. The predicted molar refractivity (Wildman–Crippen MR) is 72.2 cm³/mol. The topological polar surface area (TPSA) is 52.6 Å². The molecule has 0 N–H and O–H groups in total.